The Labute approximate surface area is 114 Å². The molecule has 1 heterocycles. The van der Waals surface area contributed by atoms with Gasteiger partial charge in [0.25, 0.3) is 0 Å². The molecule has 1 aromatic heterocycles. The SMILES string of the molecule is CCNc1cccc(Nc2c(F)cc(F)cc2Cl)n1. The number of pyridine rings is 1. The van der Waals surface area contributed by atoms with Crippen LogP contribution >= 0.6 is 11.6 Å². The summed E-state index contributed by atoms with van der Waals surface area (Å²) in [7, 11) is 0. The molecule has 0 saturated carbocycles. The number of rotatable bonds is 4. The predicted octanol–water partition coefficient (Wildman–Crippen LogP) is 4.19. The first-order chi connectivity index (χ1) is 9.10. The van der Waals surface area contributed by atoms with Crippen molar-refractivity contribution < 1.29 is 8.78 Å². The average molecular weight is 284 g/mol. The van der Waals surface area contributed by atoms with Crippen molar-refractivity contribution in [2.45, 2.75) is 6.92 Å². The summed E-state index contributed by atoms with van der Waals surface area (Å²) in [6, 6.07) is 7.03. The van der Waals surface area contributed by atoms with E-state index in [1.807, 2.05) is 6.92 Å². The van der Waals surface area contributed by atoms with Gasteiger partial charge in [0.2, 0.25) is 0 Å². The quantitative estimate of drug-likeness (QED) is 0.883. The molecule has 0 aliphatic heterocycles. The van der Waals surface area contributed by atoms with Crippen LogP contribution in [-0.2, 0) is 0 Å². The molecular formula is C13H12ClF2N3. The van der Waals surface area contributed by atoms with Crippen molar-refractivity contribution in [3.8, 4) is 0 Å². The maximum atomic E-state index is 13.6. The molecule has 0 unspecified atom stereocenters. The van der Waals surface area contributed by atoms with Gasteiger partial charge in [0.05, 0.1) is 10.7 Å². The molecule has 0 fully saturated rings. The molecule has 2 N–H and O–H groups in total. The maximum absolute atomic E-state index is 13.6. The average Bonchev–Trinajstić information content (AvgIpc) is 2.35. The van der Waals surface area contributed by atoms with Crippen LogP contribution in [0.25, 0.3) is 0 Å². The summed E-state index contributed by atoms with van der Waals surface area (Å²) in [6.45, 7) is 2.67. The summed E-state index contributed by atoms with van der Waals surface area (Å²) in [5, 5.41) is 5.74. The van der Waals surface area contributed by atoms with E-state index >= 15 is 0 Å². The molecule has 0 aliphatic carbocycles. The maximum Gasteiger partial charge on any atom is 0.151 e. The summed E-state index contributed by atoms with van der Waals surface area (Å²) < 4.78 is 26.5. The van der Waals surface area contributed by atoms with Crippen molar-refractivity contribution in [3.05, 3.63) is 47.0 Å². The highest BCUT2D eigenvalue weighted by molar-refractivity contribution is 6.33. The van der Waals surface area contributed by atoms with Crippen molar-refractivity contribution in [2.75, 3.05) is 17.2 Å². The van der Waals surface area contributed by atoms with Gasteiger partial charge in [0.1, 0.15) is 17.5 Å². The monoisotopic (exact) mass is 283 g/mol. The van der Waals surface area contributed by atoms with E-state index in [1.54, 1.807) is 18.2 Å². The fourth-order valence-corrected chi connectivity index (χ4v) is 1.82. The van der Waals surface area contributed by atoms with Gasteiger partial charge in [0.15, 0.2) is 5.82 Å². The van der Waals surface area contributed by atoms with Crippen molar-refractivity contribution in [1.29, 1.82) is 0 Å². The Morgan fingerprint density at radius 2 is 1.95 bits per heavy atom. The standard InChI is InChI=1S/C13H12ClF2N3/c1-2-17-11-4-3-5-12(18-11)19-13-9(14)6-8(15)7-10(13)16/h3-7H,2H2,1H3,(H2,17,18,19). The molecule has 19 heavy (non-hydrogen) atoms. The number of nitrogens with one attached hydrogen (secondary N) is 2. The number of halogens is 3. The first-order valence-electron chi connectivity index (χ1n) is 5.72. The van der Waals surface area contributed by atoms with Crippen molar-refractivity contribution in [3.63, 3.8) is 0 Å². The lowest BCUT2D eigenvalue weighted by atomic mass is 10.3. The Morgan fingerprint density at radius 3 is 2.63 bits per heavy atom. The highest BCUT2D eigenvalue weighted by Gasteiger charge is 2.10. The van der Waals surface area contributed by atoms with Gasteiger partial charge in [-0.05, 0) is 25.1 Å². The Kier molecular flexibility index (Phi) is 4.16. The van der Waals surface area contributed by atoms with E-state index in [0.717, 1.165) is 18.7 Å². The molecular weight excluding hydrogens is 272 g/mol. The number of hydrogen-bond donors (Lipinski definition) is 2. The highest BCUT2D eigenvalue weighted by atomic mass is 35.5. The van der Waals surface area contributed by atoms with E-state index in [9.17, 15) is 8.78 Å². The van der Waals surface area contributed by atoms with Crippen LogP contribution in [0.2, 0.25) is 5.02 Å². The van der Waals surface area contributed by atoms with Gasteiger partial charge in [0, 0.05) is 12.6 Å². The van der Waals surface area contributed by atoms with Crippen LogP contribution in [0.15, 0.2) is 30.3 Å². The van der Waals surface area contributed by atoms with E-state index in [4.69, 9.17) is 11.6 Å². The topological polar surface area (TPSA) is 37.0 Å². The first kappa shape index (κ1) is 13.5. The van der Waals surface area contributed by atoms with Gasteiger partial charge in [-0.1, -0.05) is 17.7 Å². The molecule has 0 aliphatic rings. The van der Waals surface area contributed by atoms with Crippen LogP contribution in [0.4, 0.5) is 26.1 Å². The summed E-state index contributed by atoms with van der Waals surface area (Å²) in [5.74, 6) is -0.403. The molecule has 0 saturated heterocycles. The van der Waals surface area contributed by atoms with E-state index in [2.05, 4.69) is 15.6 Å². The minimum atomic E-state index is -0.763. The van der Waals surface area contributed by atoms with Crippen LogP contribution in [0.5, 0.6) is 0 Å². The number of anilines is 3. The Hall–Kier alpha value is -1.88. The lowest BCUT2D eigenvalue weighted by molar-refractivity contribution is 0.586. The molecule has 0 atom stereocenters. The number of benzene rings is 1. The highest BCUT2D eigenvalue weighted by Crippen LogP contribution is 2.29. The number of hydrogen-bond acceptors (Lipinski definition) is 3. The fourth-order valence-electron chi connectivity index (χ4n) is 1.57. The molecule has 0 radical (unpaired) electrons. The van der Waals surface area contributed by atoms with Gasteiger partial charge in [-0.15, -0.1) is 0 Å². The number of nitrogens with zero attached hydrogens (tertiary/aromatic N) is 1. The number of aromatic nitrogens is 1. The third-order valence-electron chi connectivity index (χ3n) is 2.37. The predicted molar refractivity (Wildman–Crippen MR) is 73.1 cm³/mol. The zero-order chi connectivity index (χ0) is 13.8. The second-order valence-electron chi connectivity index (χ2n) is 3.81. The van der Waals surface area contributed by atoms with Crippen LogP contribution in [0, 0.1) is 11.6 Å². The molecule has 2 rings (SSSR count). The zero-order valence-electron chi connectivity index (χ0n) is 10.2. The first-order valence-corrected chi connectivity index (χ1v) is 6.10. The Bertz CT molecular complexity index is 567. The van der Waals surface area contributed by atoms with Crippen molar-refractivity contribution >= 4 is 28.9 Å². The van der Waals surface area contributed by atoms with E-state index in [-0.39, 0.29) is 10.7 Å². The largest absolute Gasteiger partial charge is 0.370 e. The lowest BCUT2D eigenvalue weighted by Crippen LogP contribution is -2.02. The molecule has 100 valence electrons. The molecule has 0 spiro atoms. The van der Waals surface area contributed by atoms with Crippen LogP contribution in [0.1, 0.15) is 6.92 Å². The second kappa shape index (κ2) is 5.84. The van der Waals surface area contributed by atoms with Gasteiger partial charge >= 0.3 is 0 Å². The van der Waals surface area contributed by atoms with Gasteiger partial charge < -0.3 is 10.6 Å². The molecule has 2 aromatic rings. The van der Waals surface area contributed by atoms with Crippen LogP contribution < -0.4 is 10.6 Å². The Balaban J connectivity index is 2.28. The molecule has 3 nitrogen and oxygen atoms in total. The zero-order valence-corrected chi connectivity index (χ0v) is 10.9. The third kappa shape index (κ3) is 3.32. The van der Waals surface area contributed by atoms with Crippen molar-refractivity contribution in [1.82, 2.24) is 4.98 Å². The minimum absolute atomic E-state index is 0.00390. The summed E-state index contributed by atoms with van der Waals surface area (Å²) >= 11 is 5.80. The summed E-state index contributed by atoms with van der Waals surface area (Å²) in [4.78, 5) is 4.22. The smallest absolute Gasteiger partial charge is 0.151 e. The van der Waals surface area contributed by atoms with E-state index in [1.165, 1.54) is 0 Å². The summed E-state index contributed by atoms with van der Waals surface area (Å²) in [5.41, 5.74) is 0.00390. The lowest BCUT2D eigenvalue weighted by Gasteiger charge is -2.10. The van der Waals surface area contributed by atoms with E-state index in [0.29, 0.717) is 11.6 Å². The molecule has 1 aromatic carbocycles. The van der Waals surface area contributed by atoms with Gasteiger partial charge in [-0.3, -0.25) is 0 Å². The van der Waals surface area contributed by atoms with Gasteiger partial charge in [-0.2, -0.15) is 0 Å². The second-order valence-corrected chi connectivity index (χ2v) is 4.22. The third-order valence-corrected chi connectivity index (χ3v) is 2.67. The molecule has 0 amide bonds. The normalized spacial score (nSPS) is 10.3. The van der Waals surface area contributed by atoms with Crippen LogP contribution in [0.3, 0.4) is 0 Å². The summed E-state index contributed by atoms with van der Waals surface area (Å²) in [6.07, 6.45) is 0. The Morgan fingerprint density at radius 1 is 1.21 bits per heavy atom. The van der Waals surface area contributed by atoms with Crippen LogP contribution in [-0.4, -0.2) is 11.5 Å². The minimum Gasteiger partial charge on any atom is -0.370 e. The van der Waals surface area contributed by atoms with Crippen molar-refractivity contribution in [2.24, 2.45) is 0 Å². The molecule has 0 bridgehead atoms. The van der Waals surface area contributed by atoms with Gasteiger partial charge in [-0.25, -0.2) is 13.8 Å². The van der Waals surface area contributed by atoms with E-state index < -0.39 is 11.6 Å². The molecule has 6 heteroatoms. The fraction of sp³-hybridized carbons (Fsp3) is 0.154.